The summed E-state index contributed by atoms with van der Waals surface area (Å²) in [5.74, 6) is 1.74. The third-order valence-corrected chi connectivity index (χ3v) is 3.68. The molecule has 3 nitrogen and oxygen atoms in total. The van der Waals surface area contributed by atoms with Crippen molar-refractivity contribution in [1.29, 1.82) is 0 Å². The van der Waals surface area contributed by atoms with Gasteiger partial charge in [-0.3, -0.25) is 4.98 Å². The van der Waals surface area contributed by atoms with Crippen LogP contribution >= 0.6 is 12.4 Å². The van der Waals surface area contributed by atoms with Crippen molar-refractivity contribution in [1.82, 2.24) is 9.88 Å². The van der Waals surface area contributed by atoms with Crippen LogP contribution in [0.1, 0.15) is 0 Å². The molecule has 2 fully saturated rings. The van der Waals surface area contributed by atoms with Crippen molar-refractivity contribution < 1.29 is 0 Å². The van der Waals surface area contributed by atoms with Crippen LogP contribution in [0.3, 0.4) is 0 Å². The third kappa shape index (κ3) is 2.02. The van der Waals surface area contributed by atoms with E-state index in [0.29, 0.717) is 0 Å². The van der Waals surface area contributed by atoms with Gasteiger partial charge >= 0.3 is 0 Å². The minimum Gasteiger partial charge on any atom is -0.370 e. The normalized spacial score (nSPS) is 28.9. The summed E-state index contributed by atoms with van der Waals surface area (Å²) < 4.78 is 0. The molecule has 2 saturated heterocycles. The van der Waals surface area contributed by atoms with E-state index in [2.05, 4.69) is 27.9 Å². The van der Waals surface area contributed by atoms with Gasteiger partial charge < -0.3 is 9.80 Å². The minimum atomic E-state index is 0. The van der Waals surface area contributed by atoms with Gasteiger partial charge in [0.05, 0.1) is 11.9 Å². The molecule has 0 radical (unpaired) electrons. The highest BCUT2D eigenvalue weighted by atomic mass is 35.5. The van der Waals surface area contributed by atoms with E-state index in [0.717, 1.165) is 11.8 Å². The molecule has 3 heterocycles. The molecule has 0 amide bonds. The molecule has 0 bridgehead atoms. The molecular weight excluding hydrogens is 222 g/mol. The van der Waals surface area contributed by atoms with Crippen LogP contribution in [0.4, 0.5) is 5.69 Å². The summed E-state index contributed by atoms with van der Waals surface area (Å²) in [6.45, 7) is 4.95. The monoisotopic (exact) mass is 239 g/mol. The standard InChI is InChI=1S/C12H17N3.ClH/c1-14-6-10-8-15(9-11(10)7-14)12-3-2-4-13-5-12;/h2-5,10-11H,6-9H2,1H3;1H. The lowest BCUT2D eigenvalue weighted by atomic mass is 10.0. The molecule has 4 heteroatoms. The molecule has 2 aliphatic heterocycles. The van der Waals surface area contributed by atoms with Crippen molar-refractivity contribution in [2.75, 3.05) is 38.1 Å². The smallest absolute Gasteiger partial charge is 0.0552 e. The van der Waals surface area contributed by atoms with Gasteiger partial charge in [0.25, 0.3) is 0 Å². The summed E-state index contributed by atoms with van der Waals surface area (Å²) >= 11 is 0. The van der Waals surface area contributed by atoms with Crippen LogP contribution < -0.4 is 4.90 Å². The van der Waals surface area contributed by atoms with E-state index >= 15 is 0 Å². The van der Waals surface area contributed by atoms with Gasteiger partial charge in [-0.05, 0) is 31.0 Å². The van der Waals surface area contributed by atoms with Gasteiger partial charge in [0.15, 0.2) is 0 Å². The topological polar surface area (TPSA) is 19.4 Å². The first kappa shape index (κ1) is 11.7. The van der Waals surface area contributed by atoms with E-state index in [1.54, 1.807) is 0 Å². The van der Waals surface area contributed by atoms with E-state index in [-0.39, 0.29) is 12.4 Å². The van der Waals surface area contributed by atoms with Gasteiger partial charge in [-0.15, -0.1) is 12.4 Å². The number of likely N-dealkylation sites (tertiary alicyclic amines) is 1. The van der Waals surface area contributed by atoms with Gasteiger partial charge in [0.1, 0.15) is 0 Å². The van der Waals surface area contributed by atoms with Crippen LogP contribution in [0.2, 0.25) is 0 Å². The van der Waals surface area contributed by atoms with Crippen LogP contribution in [-0.4, -0.2) is 43.1 Å². The van der Waals surface area contributed by atoms with Crippen molar-refractivity contribution in [3.05, 3.63) is 24.5 Å². The van der Waals surface area contributed by atoms with Crippen molar-refractivity contribution in [3.63, 3.8) is 0 Å². The Kier molecular flexibility index (Phi) is 3.36. The lowest BCUT2D eigenvalue weighted by Gasteiger charge is -2.20. The summed E-state index contributed by atoms with van der Waals surface area (Å²) in [5.41, 5.74) is 1.29. The molecule has 2 atom stereocenters. The lowest BCUT2D eigenvalue weighted by molar-refractivity contribution is 0.387. The van der Waals surface area contributed by atoms with Gasteiger partial charge in [-0.2, -0.15) is 0 Å². The molecule has 0 saturated carbocycles. The zero-order chi connectivity index (χ0) is 10.3. The Bertz CT molecular complexity index is 329. The number of fused-ring (bicyclic) bond motifs is 1. The van der Waals surface area contributed by atoms with E-state index in [1.165, 1.54) is 31.9 Å². The second-order valence-electron chi connectivity index (χ2n) is 4.86. The van der Waals surface area contributed by atoms with Crippen molar-refractivity contribution >= 4 is 18.1 Å². The van der Waals surface area contributed by atoms with Crippen LogP contribution in [0.15, 0.2) is 24.5 Å². The zero-order valence-corrected chi connectivity index (χ0v) is 10.4. The van der Waals surface area contributed by atoms with Crippen LogP contribution in [0.5, 0.6) is 0 Å². The minimum absolute atomic E-state index is 0. The van der Waals surface area contributed by atoms with Gasteiger partial charge in [0.2, 0.25) is 0 Å². The zero-order valence-electron chi connectivity index (χ0n) is 9.54. The number of anilines is 1. The molecule has 3 rings (SSSR count). The maximum atomic E-state index is 4.19. The fourth-order valence-electron chi connectivity index (χ4n) is 2.98. The Labute approximate surface area is 103 Å². The number of hydrogen-bond acceptors (Lipinski definition) is 3. The predicted molar refractivity (Wildman–Crippen MR) is 68.2 cm³/mol. The average molecular weight is 240 g/mol. The first-order chi connectivity index (χ1) is 7.33. The summed E-state index contributed by atoms with van der Waals surface area (Å²) in [4.78, 5) is 9.12. The molecule has 0 N–H and O–H groups in total. The fraction of sp³-hybridized carbons (Fsp3) is 0.583. The summed E-state index contributed by atoms with van der Waals surface area (Å²) in [7, 11) is 2.23. The second kappa shape index (κ2) is 4.60. The molecule has 1 aromatic rings. The molecule has 0 aromatic carbocycles. The van der Waals surface area contributed by atoms with E-state index in [4.69, 9.17) is 0 Å². The molecule has 16 heavy (non-hydrogen) atoms. The van der Waals surface area contributed by atoms with Crippen molar-refractivity contribution in [3.8, 4) is 0 Å². The molecular formula is C12H18ClN3. The summed E-state index contributed by atoms with van der Waals surface area (Å²) in [5, 5.41) is 0. The highest BCUT2D eigenvalue weighted by Gasteiger charge is 2.38. The molecule has 88 valence electrons. The quantitative estimate of drug-likeness (QED) is 0.741. The van der Waals surface area contributed by atoms with Crippen LogP contribution in [-0.2, 0) is 0 Å². The van der Waals surface area contributed by atoms with E-state index in [1.807, 2.05) is 18.5 Å². The molecule has 2 unspecified atom stereocenters. The third-order valence-electron chi connectivity index (χ3n) is 3.68. The van der Waals surface area contributed by atoms with Gasteiger partial charge in [-0.1, -0.05) is 0 Å². The number of rotatable bonds is 1. The maximum absolute atomic E-state index is 4.19. The number of pyridine rings is 1. The number of halogens is 1. The molecule has 1 aromatic heterocycles. The van der Waals surface area contributed by atoms with E-state index in [9.17, 15) is 0 Å². The molecule has 0 aliphatic carbocycles. The Morgan fingerprint density at radius 2 is 1.88 bits per heavy atom. The Hall–Kier alpha value is -0.800. The van der Waals surface area contributed by atoms with Gasteiger partial charge in [-0.25, -0.2) is 0 Å². The predicted octanol–water partition coefficient (Wildman–Crippen LogP) is 1.50. The first-order valence-corrected chi connectivity index (χ1v) is 5.66. The highest BCUT2D eigenvalue weighted by molar-refractivity contribution is 5.85. The molecule has 0 spiro atoms. The number of aromatic nitrogens is 1. The summed E-state index contributed by atoms with van der Waals surface area (Å²) in [6, 6.07) is 4.19. The van der Waals surface area contributed by atoms with Gasteiger partial charge in [0, 0.05) is 32.4 Å². The summed E-state index contributed by atoms with van der Waals surface area (Å²) in [6.07, 6.45) is 3.82. The average Bonchev–Trinajstić information content (AvgIpc) is 2.76. The number of hydrogen-bond donors (Lipinski definition) is 0. The highest BCUT2D eigenvalue weighted by Crippen LogP contribution is 2.32. The Balaban J connectivity index is 0.000000963. The van der Waals surface area contributed by atoms with Crippen LogP contribution in [0, 0.1) is 11.8 Å². The first-order valence-electron chi connectivity index (χ1n) is 5.66. The molecule has 2 aliphatic rings. The largest absolute Gasteiger partial charge is 0.370 e. The lowest BCUT2D eigenvalue weighted by Crippen LogP contribution is -2.26. The maximum Gasteiger partial charge on any atom is 0.0552 e. The van der Waals surface area contributed by atoms with Crippen molar-refractivity contribution in [2.45, 2.75) is 0 Å². The number of nitrogens with zero attached hydrogens (tertiary/aromatic N) is 3. The fourth-order valence-corrected chi connectivity index (χ4v) is 2.98. The SMILES string of the molecule is CN1CC2CN(c3cccnc3)CC2C1.Cl. The second-order valence-corrected chi connectivity index (χ2v) is 4.86. The van der Waals surface area contributed by atoms with E-state index < -0.39 is 0 Å². The van der Waals surface area contributed by atoms with Crippen molar-refractivity contribution in [2.24, 2.45) is 11.8 Å². The van der Waals surface area contributed by atoms with Crippen LogP contribution in [0.25, 0.3) is 0 Å². The Morgan fingerprint density at radius 3 is 2.44 bits per heavy atom. The Morgan fingerprint density at radius 1 is 1.19 bits per heavy atom.